The highest BCUT2D eigenvalue weighted by Crippen LogP contribution is 2.22. The van der Waals surface area contributed by atoms with Crippen molar-refractivity contribution in [3.05, 3.63) is 0 Å². The maximum Gasteiger partial charge on any atom is 0.236 e. The van der Waals surface area contributed by atoms with E-state index in [-0.39, 0.29) is 5.91 Å². The summed E-state index contributed by atoms with van der Waals surface area (Å²) in [5, 5.41) is 3.41. The summed E-state index contributed by atoms with van der Waals surface area (Å²) < 4.78 is 0. The fourth-order valence-electron chi connectivity index (χ4n) is 2.23. The first-order valence-electron chi connectivity index (χ1n) is 6.60. The minimum absolute atomic E-state index is 0.208. The molecule has 3 nitrogen and oxygen atoms in total. The second-order valence-corrected chi connectivity index (χ2v) is 5.10. The van der Waals surface area contributed by atoms with Gasteiger partial charge in [-0.25, -0.2) is 0 Å². The smallest absolute Gasteiger partial charge is 0.236 e. The molecule has 1 aliphatic carbocycles. The van der Waals surface area contributed by atoms with E-state index >= 15 is 0 Å². The molecule has 0 bridgehead atoms. The first kappa shape index (κ1) is 13.5. The molecule has 1 saturated carbocycles. The molecule has 0 heterocycles. The van der Waals surface area contributed by atoms with E-state index in [2.05, 4.69) is 12.2 Å². The van der Waals surface area contributed by atoms with E-state index in [9.17, 15) is 4.79 Å². The lowest BCUT2D eigenvalue weighted by Gasteiger charge is -2.19. The molecular formula is C13H26N2O. The quantitative estimate of drug-likeness (QED) is 0.744. The molecule has 1 rings (SSSR count). The molecule has 3 heteroatoms. The SMILES string of the molecule is CCN(C)C(=O)CNC1CCCC(C)CC1. The van der Waals surface area contributed by atoms with Crippen molar-refractivity contribution in [2.45, 2.75) is 52.0 Å². The first-order chi connectivity index (χ1) is 7.63. The van der Waals surface area contributed by atoms with Crippen LogP contribution in [0.1, 0.15) is 46.0 Å². The van der Waals surface area contributed by atoms with Crippen LogP contribution in [-0.2, 0) is 4.79 Å². The van der Waals surface area contributed by atoms with E-state index in [1.807, 2.05) is 14.0 Å². The van der Waals surface area contributed by atoms with Crippen molar-refractivity contribution >= 4 is 5.91 Å². The van der Waals surface area contributed by atoms with Crippen molar-refractivity contribution in [3.8, 4) is 0 Å². The molecule has 0 spiro atoms. The lowest BCUT2D eigenvalue weighted by atomic mass is 10.0. The summed E-state index contributed by atoms with van der Waals surface area (Å²) in [5.74, 6) is 1.07. The lowest BCUT2D eigenvalue weighted by Crippen LogP contribution is -2.39. The van der Waals surface area contributed by atoms with Crippen LogP contribution in [0.25, 0.3) is 0 Å². The van der Waals surface area contributed by atoms with Crippen LogP contribution in [0.5, 0.6) is 0 Å². The van der Waals surface area contributed by atoms with Gasteiger partial charge in [-0.3, -0.25) is 4.79 Å². The van der Waals surface area contributed by atoms with Crippen molar-refractivity contribution in [1.82, 2.24) is 10.2 Å². The zero-order valence-corrected chi connectivity index (χ0v) is 11.0. The fourth-order valence-corrected chi connectivity index (χ4v) is 2.23. The van der Waals surface area contributed by atoms with Gasteiger partial charge in [0.2, 0.25) is 5.91 Å². The summed E-state index contributed by atoms with van der Waals surface area (Å²) >= 11 is 0. The average molecular weight is 226 g/mol. The third kappa shape index (κ3) is 4.52. The van der Waals surface area contributed by atoms with Crippen LogP contribution < -0.4 is 5.32 Å². The number of nitrogens with zero attached hydrogens (tertiary/aromatic N) is 1. The molecular weight excluding hydrogens is 200 g/mol. The Morgan fingerprint density at radius 2 is 2.06 bits per heavy atom. The standard InChI is InChI=1S/C13H26N2O/c1-4-15(3)13(16)10-14-12-7-5-6-11(2)8-9-12/h11-12,14H,4-10H2,1-3H3. The lowest BCUT2D eigenvalue weighted by molar-refractivity contribution is -0.128. The molecule has 1 aliphatic rings. The highest BCUT2D eigenvalue weighted by atomic mass is 16.2. The third-order valence-corrected chi connectivity index (χ3v) is 3.70. The Kier molecular flexibility index (Phi) is 5.81. The van der Waals surface area contributed by atoms with E-state index in [1.165, 1.54) is 32.1 Å². The van der Waals surface area contributed by atoms with Gasteiger partial charge in [0.1, 0.15) is 0 Å². The van der Waals surface area contributed by atoms with Crippen LogP contribution in [0.2, 0.25) is 0 Å². The number of rotatable bonds is 4. The number of amides is 1. The minimum atomic E-state index is 0.208. The summed E-state index contributed by atoms with van der Waals surface area (Å²) in [7, 11) is 1.86. The number of likely N-dealkylation sites (N-methyl/N-ethyl adjacent to an activating group) is 1. The van der Waals surface area contributed by atoms with E-state index in [0.717, 1.165) is 12.5 Å². The van der Waals surface area contributed by atoms with Crippen molar-refractivity contribution in [2.24, 2.45) is 5.92 Å². The second kappa shape index (κ2) is 6.89. The second-order valence-electron chi connectivity index (χ2n) is 5.10. The summed E-state index contributed by atoms with van der Waals surface area (Å²) in [6.45, 7) is 5.63. The summed E-state index contributed by atoms with van der Waals surface area (Å²) in [6, 6.07) is 0.555. The van der Waals surface area contributed by atoms with E-state index in [0.29, 0.717) is 12.6 Å². The molecule has 1 fully saturated rings. The summed E-state index contributed by atoms with van der Waals surface area (Å²) in [4.78, 5) is 13.4. The van der Waals surface area contributed by atoms with Gasteiger partial charge in [0.25, 0.3) is 0 Å². The van der Waals surface area contributed by atoms with E-state index < -0.39 is 0 Å². The van der Waals surface area contributed by atoms with E-state index in [1.54, 1.807) is 4.90 Å². The number of carbonyl (C=O) groups excluding carboxylic acids is 1. The summed E-state index contributed by atoms with van der Waals surface area (Å²) in [6.07, 6.45) is 6.41. The Labute approximate surface area is 99.6 Å². The van der Waals surface area contributed by atoms with Crippen LogP contribution in [0.4, 0.5) is 0 Å². The number of hydrogen-bond donors (Lipinski definition) is 1. The monoisotopic (exact) mass is 226 g/mol. The van der Waals surface area contributed by atoms with Gasteiger partial charge in [0.15, 0.2) is 0 Å². The number of nitrogens with one attached hydrogen (secondary N) is 1. The number of carbonyl (C=O) groups is 1. The zero-order chi connectivity index (χ0) is 12.0. The van der Waals surface area contributed by atoms with E-state index in [4.69, 9.17) is 0 Å². The van der Waals surface area contributed by atoms with Crippen molar-refractivity contribution in [3.63, 3.8) is 0 Å². The van der Waals surface area contributed by atoms with Gasteiger partial charge in [-0.15, -0.1) is 0 Å². The zero-order valence-electron chi connectivity index (χ0n) is 11.0. The van der Waals surface area contributed by atoms with Gasteiger partial charge < -0.3 is 10.2 Å². The van der Waals surface area contributed by atoms with Crippen LogP contribution in [-0.4, -0.2) is 37.0 Å². The highest BCUT2D eigenvalue weighted by molar-refractivity contribution is 5.77. The summed E-state index contributed by atoms with van der Waals surface area (Å²) in [5.41, 5.74) is 0. The molecule has 0 aromatic heterocycles. The predicted octanol–water partition coefficient (Wildman–Crippen LogP) is 2.02. The van der Waals surface area contributed by atoms with Gasteiger partial charge in [0, 0.05) is 19.6 Å². The molecule has 2 unspecified atom stereocenters. The maximum atomic E-state index is 11.6. The third-order valence-electron chi connectivity index (χ3n) is 3.70. The topological polar surface area (TPSA) is 32.3 Å². The largest absolute Gasteiger partial charge is 0.345 e. The van der Waals surface area contributed by atoms with Gasteiger partial charge >= 0.3 is 0 Å². The minimum Gasteiger partial charge on any atom is -0.345 e. The van der Waals surface area contributed by atoms with Gasteiger partial charge in [-0.1, -0.05) is 19.8 Å². The van der Waals surface area contributed by atoms with Crippen LogP contribution in [0, 0.1) is 5.92 Å². The molecule has 16 heavy (non-hydrogen) atoms. The Morgan fingerprint density at radius 1 is 1.31 bits per heavy atom. The fraction of sp³-hybridized carbons (Fsp3) is 0.923. The number of hydrogen-bond acceptors (Lipinski definition) is 2. The molecule has 1 amide bonds. The Bertz CT molecular complexity index is 218. The Hall–Kier alpha value is -0.570. The molecule has 0 aromatic carbocycles. The first-order valence-corrected chi connectivity index (χ1v) is 6.60. The molecule has 0 aromatic rings. The normalized spacial score (nSPS) is 26.2. The molecule has 0 radical (unpaired) electrons. The van der Waals surface area contributed by atoms with Crippen LogP contribution in [0.3, 0.4) is 0 Å². The average Bonchev–Trinajstić information content (AvgIpc) is 2.50. The van der Waals surface area contributed by atoms with Crippen molar-refractivity contribution in [2.75, 3.05) is 20.1 Å². The Balaban J connectivity index is 2.24. The molecule has 1 N–H and O–H groups in total. The molecule has 2 atom stereocenters. The van der Waals surface area contributed by atoms with Gasteiger partial charge in [-0.05, 0) is 32.1 Å². The van der Waals surface area contributed by atoms with Gasteiger partial charge in [0.05, 0.1) is 6.54 Å². The highest BCUT2D eigenvalue weighted by Gasteiger charge is 2.17. The molecule has 0 aliphatic heterocycles. The molecule has 0 saturated heterocycles. The maximum absolute atomic E-state index is 11.6. The van der Waals surface area contributed by atoms with Crippen molar-refractivity contribution < 1.29 is 4.79 Å². The Morgan fingerprint density at radius 3 is 2.75 bits per heavy atom. The van der Waals surface area contributed by atoms with Crippen LogP contribution in [0.15, 0.2) is 0 Å². The van der Waals surface area contributed by atoms with Crippen molar-refractivity contribution in [1.29, 1.82) is 0 Å². The van der Waals surface area contributed by atoms with Gasteiger partial charge in [-0.2, -0.15) is 0 Å². The molecule has 94 valence electrons. The predicted molar refractivity (Wildman–Crippen MR) is 67.4 cm³/mol. The van der Waals surface area contributed by atoms with Crippen LogP contribution >= 0.6 is 0 Å².